The van der Waals surface area contributed by atoms with E-state index in [1.54, 1.807) is 58.8 Å². The Bertz CT molecular complexity index is 783. The van der Waals surface area contributed by atoms with Crippen LogP contribution in [0.15, 0.2) is 0 Å². The molecule has 18 N–H and O–H groups in total. The number of hydrogen-bond donors (Lipinski definition) is 13. The van der Waals surface area contributed by atoms with Gasteiger partial charge in [-0.2, -0.15) is 71.4 Å². The van der Waals surface area contributed by atoms with Crippen LogP contribution >= 0.6 is 71.4 Å². The standard InChI is InChI=1S/5C5H11NO2S.C3H7NO2S/c5*1-9-3-2-4(6)5(7)8;4-2(1-7)3(5)6/h5*4H,2-3,6H2,1H3,(H,7,8);2,7H,1,4H2,(H,5,6). The average molecular weight is 867 g/mol. The van der Waals surface area contributed by atoms with Crippen molar-refractivity contribution in [1.82, 2.24) is 0 Å². The molecule has 0 heterocycles. The zero-order chi connectivity index (χ0) is 42.2. The third kappa shape index (κ3) is 55.4. The van der Waals surface area contributed by atoms with Crippen molar-refractivity contribution >= 4 is 107 Å². The van der Waals surface area contributed by atoms with Crippen molar-refractivity contribution < 1.29 is 59.4 Å². The molecule has 6 unspecified atom stereocenters. The van der Waals surface area contributed by atoms with Gasteiger partial charge in [-0.05, 0) is 92.1 Å². The van der Waals surface area contributed by atoms with Crippen LogP contribution in [0, 0.1) is 0 Å². The van der Waals surface area contributed by atoms with Gasteiger partial charge in [0.05, 0.1) is 0 Å². The number of carbonyl (C=O) groups is 6. The summed E-state index contributed by atoms with van der Waals surface area (Å²) >= 11 is 11.7. The average Bonchev–Trinajstić information content (AvgIpc) is 3.10. The lowest BCUT2D eigenvalue weighted by Crippen LogP contribution is -2.31. The Labute approximate surface area is 333 Å². The molecule has 312 valence electrons. The van der Waals surface area contributed by atoms with E-state index in [0.29, 0.717) is 32.1 Å². The summed E-state index contributed by atoms with van der Waals surface area (Å²) in [5.74, 6) is -1.31. The molecule has 0 spiro atoms. The number of aliphatic carboxylic acids is 6. The molecule has 0 fully saturated rings. The topological polar surface area (TPSA) is 380 Å². The molecule has 0 saturated heterocycles. The van der Waals surface area contributed by atoms with Gasteiger partial charge in [-0.25, -0.2) is 0 Å². The number of thioether (sulfide) groups is 5. The van der Waals surface area contributed by atoms with Gasteiger partial charge in [0.2, 0.25) is 0 Å². The van der Waals surface area contributed by atoms with Crippen molar-refractivity contribution in [3.05, 3.63) is 0 Å². The van der Waals surface area contributed by atoms with Crippen molar-refractivity contribution in [2.24, 2.45) is 34.4 Å². The highest BCUT2D eigenvalue weighted by Gasteiger charge is 2.11. The molecule has 0 rings (SSSR count). The predicted octanol–water partition coefficient (Wildman–Crippen LogP) is 0.0851. The first kappa shape index (κ1) is 62.7. The Hall–Kier alpha value is -1.32. The normalized spacial score (nSPS) is 13.2. The van der Waals surface area contributed by atoms with Crippen LogP contribution in [0.2, 0.25) is 0 Å². The van der Waals surface area contributed by atoms with Crippen molar-refractivity contribution in [1.29, 1.82) is 0 Å². The fourth-order valence-corrected chi connectivity index (χ4v) is 4.52. The van der Waals surface area contributed by atoms with Crippen LogP contribution in [-0.2, 0) is 28.8 Å². The number of hydrogen-bond acceptors (Lipinski definition) is 18. The lowest BCUT2D eigenvalue weighted by molar-refractivity contribution is -0.139. The molecule has 24 heteroatoms. The SMILES string of the molecule is CSCCC(N)C(=O)O.CSCCC(N)C(=O)O.CSCCC(N)C(=O)O.CSCCC(N)C(=O)O.CSCCC(N)C(=O)O.NC(CS)C(=O)O. The molecule has 0 saturated carbocycles. The van der Waals surface area contributed by atoms with E-state index in [1.165, 1.54) is 0 Å². The van der Waals surface area contributed by atoms with Crippen molar-refractivity contribution in [3.8, 4) is 0 Å². The smallest absolute Gasteiger partial charge is 0.321 e. The van der Waals surface area contributed by atoms with E-state index in [2.05, 4.69) is 12.6 Å². The first-order chi connectivity index (χ1) is 24.1. The quantitative estimate of drug-likeness (QED) is 0.0641. The number of rotatable bonds is 22. The van der Waals surface area contributed by atoms with Crippen molar-refractivity contribution in [2.75, 3.05) is 65.8 Å². The summed E-state index contributed by atoms with van der Waals surface area (Å²) in [7, 11) is 0. The highest BCUT2D eigenvalue weighted by molar-refractivity contribution is 7.99. The lowest BCUT2D eigenvalue weighted by atomic mass is 10.2. The van der Waals surface area contributed by atoms with Crippen molar-refractivity contribution in [3.63, 3.8) is 0 Å². The summed E-state index contributed by atoms with van der Waals surface area (Å²) in [6, 6.07) is -4.23. The summed E-state index contributed by atoms with van der Waals surface area (Å²) < 4.78 is 0. The van der Waals surface area contributed by atoms with Crippen LogP contribution in [0.4, 0.5) is 0 Å². The predicted molar refractivity (Wildman–Crippen MR) is 223 cm³/mol. The Kier molecular flexibility index (Phi) is 55.2. The Morgan fingerprint density at radius 2 is 0.519 bits per heavy atom. The molecule has 0 bridgehead atoms. The van der Waals surface area contributed by atoms with E-state index in [4.69, 9.17) is 65.0 Å². The zero-order valence-corrected chi connectivity index (χ0v) is 35.3. The van der Waals surface area contributed by atoms with Crippen LogP contribution in [0.1, 0.15) is 32.1 Å². The van der Waals surface area contributed by atoms with E-state index in [9.17, 15) is 28.8 Å². The second kappa shape index (κ2) is 45.8. The largest absolute Gasteiger partial charge is 0.480 e. The zero-order valence-electron chi connectivity index (χ0n) is 30.3. The van der Waals surface area contributed by atoms with E-state index in [-0.39, 0.29) is 5.75 Å². The van der Waals surface area contributed by atoms with Gasteiger partial charge >= 0.3 is 35.8 Å². The van der Waals surface area contributed by atoms with Gasteiger partial charge in [-0.1, -0.05) is 0 Å². The maximum atomic E-state index is 10.1. The van der Waals surface area contributed by atoms with Gasteiger partial charge in [0, 0.05) is 5.75 Å². The molecule has 0 aromatic heterocycles. The molecule has 6 atom stereocenters. The summed E-state index contributed by atoms with van der Waals surface area (Å²) in [4.78, 5) is 60.1. The lowest BCUT2D eigenvalue weighted by Gasteiger charge is -2.02. The maximum absolute atomic E-state index is 10.1. The van der Waals surface area contributed by atoms with Crippen molar-refractivity contribution in [2.45, 2.75) is 68.4 Å². The second-order valence-electron chi connectivity index (χ2n) is 9.76. The fourth-order valence-electron chi connectivity index (χ4n) is 1.92. The minimum Gasteiger partial charge on any atom is -0.480 e. The molecule has 0 aliphatic rings. The van der Waals surface area contributed by atoms with Gasteiger partial charge in [0.25, 0.3) is 0 Å². The number of thiol groups is 1. The molecular weight excluding hydrogens is 805 g/mol. The van der Waals surface area contributed by atoms with Gasteiger partial charge in [0.1, 0.15) is 36.3 Å². The molecule has 52 heavy (non-hydrogen) atoms. The van der Waals surface area contributed by atoms with E-state index in [1.807, 2.05) is 31.3 Å². The third-order valence-electron chi connectivity index (χ3n) is 5.26. The molecular formula is C28H62N6O12S6. The van der Waals surface area contributed by atoms with Crippen LogP contribution in [0.5, 0.6) is 0 Å². The second-order valence-corrected chi connectivity index (χ2v) is 15.1. The van der Waals surface area contributed by atoms with Gasteiger partial charge in [0.15, 0.2) is 0 Å². The molecule has 0 aliphatic heterocycles. The fraction of sp³-hybridized carbons (Fsp3) is 0.786. The highest BCUT2D eigenvalue weighted by Crippen LogP contribution is 2.00. The van der Waals surface area contributed by atoms with Crippen LogP contribution in [0.25, 0.3) is 0 Å². The van der Waals surface area contributed by atoms with Crippen LogP contribution in [-0.4, -0.2) is 169 Å². The summed E-state index contributed by atoms with van der Waals surface area (Å²) in [5, 5.41) is 49.4. The number of nitrogens with two attached hydrogens (primary N) is 6. The number of carboxylic acid groups (broad SMARTS) is 6. The Morgan fingerprint density at radius 1 is 0.385 bits per heavy atom. The molecule has 0 aromatic carbocycles. The molecule has 0 aliphatic carbocycles. The number of carboxylic acids is 6. The van der Waals surface area contributed by atoms with E-state index < -0.39 is 72.1 Å². The van der Waals surface area contributed by atoms with Gasteiger partial charge < -0.3 is 65.0 Å². The van der Waals surface area contributed by atoms with Crippen LogP contribution < -0.4 is 34.4 Å². The maximum Gasteiger partial charge on any atom is 0.321 e. The third-order valence-corrected chi connectivity index (χ3v) is 8.88. The summed E-state index contributed by atoms with van der Waals surface area (Å²) in [5.41, 5.74) is 30.9. The highest BCUT2D eigenvalue weighted by atomic mass is 32.2. The molecule has 0 amide bonds. The summed E-state index contributed by atoms with van der Waals surface area (Å²) in [6.07, 6.45) is 12.4. The van der Waals surface area contributed by atoms with Crippen LogP contribution in [0.3, 0.4) is 0 Å². The Balaban J connectivity index is -0.000000122. The molecule has 18 nitrogen and oxygen atoms in total. The minimum absolute atomic E-state index is 0.190. The van der Waals surface area contributed by atoms with E-state index >= 15 is 0 Å². The van der Waals surface area contributed by atoms with Gasteiger partial charge in [-0.15, -0.1) is 0 Å². The van der Waals surface area contributed by atoms with Gasteiger partial charge in [-0.3, -0.25) is 28.8 Å². The first-order valence-electron chi connectivity index (χ1n) is 15.0. The first-order valence-corrected chi connectivity index (χ1v) is 22.7. The monoisotopic (exact) mass is 866 g/mol. The minimum atomic E-state index is -1.00. The molecule has 0 radical (unpaired) electrons. The molecule has 0 aromatic rings. The van der Waals surface area contributed by atoms with E-state index in [0.717, 1.165) is 28.8 Å². The summed E-state index contributed by atoms with van der Waals surface area (Å²) in [6.45, 7) is 0. The Morgan fingerprint density at radius 3 is 0.577 bits per heavy atom.